The van der Waals surface area contributed by atoms with Crippen LogP contribution in [-0.4, -0.2) is 18.8 Å². The van der Waals surface area contributed by atoms with Crippen molar-refractivity contribution < 1.29 is 9.84 Å². The Morgan fingerprint density at radius 2 is 1.81 bits per heavy atom. The van der Waals surface area contributed by atoms with Crippen molar-refractivity contribution in [3.8, 4) is 0 Å². The molecule has 1 N–H and O–H groups in total. The number of benzene rings is 1. The van der Waals surface area contributed by atoms with E-state index in [1.165, 1.54) is 11.1 Å². The molecule has 1 unspecified atom stereocenters. The highest BCUT2D eigenvalue weighted by molar-refractivity contribution is 5.26. The predicted molar refractivity (Wildman–Crippen MR) is 66.4 cm³/mol. The van der Waals surface area contributed by atoms with Crippen LogP contribution < -0.4 is 0 Å². The van der Waals surface area contributed by atoms with Crippen molar-refractivity contribution in [1.29, 1.82) is 0 Å². The van der Waals surface area contributed by atoms with Gasteiger partial charge in [-0.05, 0) is 37.3 Å². The summed E-state index contributed by atoms with van der Waals surface area (Å²) < 4.78 is 5.43. The van der Waals surface area contributed by atoms with Crippen LogP contribution in [0.25, 0.3) is 0 Å². The SMILES string of the molecule is COC(C)(C)c1ccc(CC(C)CO)cc1. The maximum absolute atomic E-state index is 9.00. The fourth-order valence-corrected chi connectivity index (χ4v) is 1.63. The van der Waals surface area contributed by atoms with E-state index in [2.05, 4.69) is 38.1 Å². The van der Waals surface area contributed by atoms with Gasteiger partial charge in [0.05, 0.1) is 5.60 Å². The molecule has 2 nitrogen and oxygen atoms in total. The zero-order chi connectivity index (χ0) is 12.2. The number of hydrogen-bond donors (Lipinski definition) is 1. The molecule has 1 aromatic carbocycles. The van der Waals surface area contributed by atoms with Crippen LogP contribution in [0.3, 0.4) is 0 Å². The van der Waals surface area contributed by atoms with Crippen molar-refractivity contribution >= 4 is 0 Å². The summed E-state index contributed by atoms with van der Waals surface area (Å²) in [5.41, 5.74) is 2.20. The van der Waals surface area contributed by atoms with Crippen molar-refractivity contribution in [2.75, 3.05) is 13.7 Å². The number of rotatable bonds is 5. The first-order chi connectivity index (χ1) is 7.49. The van der Waals surface area contributed by atoms with Gasteiger partial charge in [-0.15, -0.1) is 0 Å². The second-order valence-corrected chi connectivity index (χ2v) is 4.90. The Hall–Kier alpha value is -0.860. The fraction of sp³-hybridized carbons (Fsp3) is 0.571. The first-order valence-corrected chi connectivity index (χ1v) is 5.75. The highest BCUT2D eigenvalue weighted by Gasteiger charge is 2.18. The van der Waals surface area contributed by atoms with Crippen LogP contribution in [0.15, 0.2) is 24.3 Å². The molecule has 90 valence electrons. The molecule has 16 heavy (non-hydrogen) atoms. The lowest BCUT2D eigenvalue weighted by Gasteiger charge is -2.23. The molecular weight excluding hydrogens is 200 g/mol. The third-order valence-electron chi connectivity index (χ3n) is 3.06. The molecule has 0 aliphatic rings. The lowest BCUT2D eigenvalue weighted by atomic mass is 9.94. The van der Waals surface area contributed by atoms with E-state index in [-0.39, 0.29) is 12.2 Å². The minimum Gasteiger partial charge on any atom is -0.396 e. The Bertz CT molecular complexity index is 314. The topological polar surface area (TPSA) is 29.5 Å². The molecule has 0 saturated heterocycles. The molecule has 0 aliphatic heterocycles. The molecule has 0 spiro atoms. The molecule has 0 fully saturated rings. The number of aliphatic hydroxyl groups excluding tert-OH is 1. The second-order valence-electron chi connectivity index (χ2n) is 4.90. The molecule has 1 atom stereocenters. The average Bonchev–Trinajstić information content (AvgIpc) is 2.29. The molecule has 1 aromatic rings. The van der Waals surface area contributed by atoms with Gasteiger partial charge < -0.3 is 9.84 Å². The van der Waals surface area contributed by atoms with E-state index in [0.717, 1.165) is 6.42 Å². The summed E-state index contributed by atoms with van der Waals surface area (Å²) in [6.07, 6.45) is 0.921. The lowest BCUT2D eigenvalue weighted by Crippen LogP contribution is -2.19. The normalized spacial score (nSPS) is 13.8. The predicted octanol–water partition coefficient (Wildman–Crippen LogP) is 2.74. The Morgan fingerprint density at radius 1 is 1.25 bits per heavy atom. The molecule has 1 rings (SSSR count). The Morgan fingerprint density at radius 3 is 2.25 bits per heavy atom. The van der Waals surface area contributed by atoms with Crippen LogP contribution in [0, 0.1) is 5.92 Å². The van der Waals surface area contributed by atoms with Crippen LogP contribution in [-0.2, 0) is 16.8 Å². The second kappa shape index (κ2) is 5.46. The van der Waals surface area contributed by atoms with Crippen LogP contribution >= 0.6 is 0 Å². The van der Waals surface area contributed by atoms with Gasteiger partial charge >= 0.3 is 0 Å². The summed E-state index contributed by atoms with van der Waals surface area (Å²) in [7, 11) is 1.72. The average molecular weight is 222 g/mol. The Labute approximate surface area is 98.3 Å². The summed E-state index contributed by atoms with van der Waals surface area (Å²) >= 11 is 0. The molecule has 0 aromatic heterocycles. The standard InChI is InChI=1S/C14H22O2/c1-11(10-15)9-12-5-7-13(8-6-12)14(2,3)16-4/h5-8,11,15H,9-10H2,1-4H3. The van der Waals surface area contributed by atoms with Gasteiger partial charge in [0.1, 0.15) is 0 Å². The molecule has 0 saturated carbocycles. The van der Waals surface area contributed by atoms with E-state index in [1.807, 2.05) is 6.92 Å². The monoisotopic (exact) mass is 222 g/mol. The summed E-state index contributed by atoms with van der Waals surface area (Å²) in [5.74, 6) is 0.321. The molecule has 0 bridgehead atoms. The van der Waals surface area contributed by atoms with Gasteiger partial charge in [0.25, 0.3) is 0 Å². The van der Waals surface area contributed by atoms with Crippen molar-refractivity contribution in [3.05, 3.63) is 35.4 Å². The summed E-state index contributed by atoms with van der Waals surface area (Å²) in [6, 6.07) is 8.43. The number of aliphatic hydroxyl groups is 1. The highest BCUT2D eigenvalue weighted by atomic mass is 16.5. The van der Waals surface area contributed by atoms with E-state index < -0.39 is 0 Å². The molecule has 0 aliphatic carbocycles. The van der Waals surface area contributed by atoms with Gasteiger partial charge in [0, 0.05) is 13.7 Å². The van der Waals surface area contributed by atoms with Gasteiger partial charge in [-0.25, -0.2) is 0 Å². The zero-order valence-electron chi connectivity index (χ0n) is 10.7. The molecule has 0 heterocycles. The van der Waals surface area contributed by atoms with Crippen molar-refractivity contribution in [2.45, 2.75) is 32.8 Å². The number of methoxy groups -OCH3 is 1. The smallest absolute Gasteiger partial charge is 0.0871 e. The maximum Gasteiger partial charge on any atom is 0.0871 e. The van der Waals surface area contributed by atoms with Crippen molar-refractivity contribution in [3.63, 3.8) is 0 Å². The number of hydrogen-bond acceptors (Lipinski definition) is 2. The summed E-state index contributed by atoms with van der Waals surface area (Å²) in [5, 5.41) is 9.00. The van der Waals surface area contributed by atoms with Crippen LogP contribution in [0.2, 0.25) is 0 Å². The fourth-order valence-electron chi connectivity index (χ4n) is 1.63. The maximum atomic E-state index is 9.00. The minimum absolute atomic E-state index is 0.235. The summed E-state index contributed by atoms with van der Waals surface area (Å²) in [4.78, 5) is 0. The Balaban J connectivity index is 2.75. The third-order valence-corrected chi connectivity index (χ3v) is 3.06. The van der Waals surface area contributed by atoms with Gasteiger partial charge in [0.15, 0.2) is 0 Å². The lowest BCUT2D eigenvalue weighted by molar-refractivity contribution is 0.0192. The van der Waals surface area contributed by atoms with Crippen LogP contribution in [0.4, 0.5) is 0 Å². The van der Waals surface area contributed by atoms with Crippen LogP contribution in [0.5, 0.6) is 0 Å². The van der Waals surface area contributed by atoms with E-state index in [0.29, 0.717) is 5.92 Å². The third kappa shape index (κ3) is 3.32. The first-order valence-electron chi connectivity index (χ1n) is 5.75. The van der Waals surface area contributed by atoms with Gasteiger partial charge in [-0.3, -0.25) is 0 Å². The molecule has 0 radical (unpaired) electrons. The summed E-state index contributed by atoms with van der Waals surface area (Å²) in [6.45, 7) is 6.40. The van der Waals surface area contributed by atoms with E-state index >= 15 is 0 Å². The van der Waals surface area contributed by atoms with Crippen molar-refractivity contribution in [2.24, 2.45) is 5.92 Å². The highest BCUT2D eigenvalue weighted by Crippen LogP contribution is 2.24. The van der Waals surface area contributed by atoms with Crippen molar-refractivity contribution in [1.82, 2.24) is 0 Å². The van der Waals surface area contributed by atoms with Gasteiger partial charge in [0.2, 0.25) is 0 Å². The molecular formula is C14H22O2. The number of ether oxygens (including phenoxy) is 1. The Kier molecular flexibility index (Phi) is 4.51. The quantitative estimate of drug-likeness (QED) is 0.830. The van der Waals surface area contributed by atoms with Gasteiger partial charge in [-0.1, -0.05) is 31.2 Å². The van der Waals surface area contributed by atoms with E-state index in [4.69, 9.17) is 9.84 Å². The minimum atomic E-state index is -0.235. The molecule has 0 amide bonds. The van der Waals surface area contributed by atoms with E-state index in [1.54, 1.807) is 7.11 Å². The van der Waals surface area contributed by atoms with Gasteiger partial charge in [-0.2, -0.15) is 0 Å². The zero-order valence-corrected chi connectivity index (χ0v) is 10.7. The molecule has 2 heteroatoms. The largest absolute Gasteiger partial charge is 0.396 e. The van der Waals surface area contributed by atoms with E-state index in [9.17, 15) is 0 Å². The van der Waals surface area contributed by atoms with Crippen LogP contribution in [0.1, 0.15) is 31.9 Å². The first kappa shape index (κ1) is 13.2.